The van der Waals surface area contributed by atoms with Crippen molar-refractivity contribution in [2.24, 2.45) is 5.92 Å². The smallest absolute Gasteiger partial charge is 0.875 e. The van der Waals surface area contributed by atoms with Crippen LogP contribution in [0.3, 0.4) is 0 Å². The van der Waals surface area contributed by atoms with Gasteiger partial charge < -0.3 is 5.11 Å². The van der Waals surface area contributed by atoms with Crippen molar-refractivity contribution in [1.82, 2.24) is 0 Å². The molecular weight excluding hydrogens is 242 g/mol. The Hall–Kier alpha value is 0.305. The summed E-state index contributed by atoms with van der Waals surface area (Å²) in [6, 6.07) is 10.3. The number of rotatable bonds is 7. The summed E-state index contributed by atoms with van der Waals surface area (Å²) >= 11 is 1.73. The molecule has 0 aliphatic rings. The molecule has 0 heterocycles. The molecule has 0 saturated heterocycles. The molecule has 0 N–H and O–H groups in total. The second kappa shape index (κ2) is 13.3. The predicted octanol–water partition coefficient (Wildman–Crippen LogP) is 0.634. The van der Waals surface area contributed by atoms with Gasteiger partial charge in [-0.1, -0.05) is 44.5 Å². The minimum Gasteiger partial charge on any atom is -0.875 e. The van der Waals surface area contributed by atoms with Gasteiger partial charge in [-0.05, 0) is 30.9 Å². The molecule has 1 aromatic carbocycles. The molecule has 0 aromatic heterocycles. The Morgan fingerprint density at radius 3 is 2.47 bits per heavy atom. The van der Waals surface area contributed by atoms with E-state index in [1.165, 1.54) is 4.90 Å². The van der Waals surface area contributed by atoms with Crippen molar-refractivity contribution in [3.8, 4) is 0 Å². The molecule has 19 heavy (non-hydrogen) atoms. The average molecular weight is 262 g/mol. The first-order valence-corrected chi connectivity index (χ1v) is 7.02. The van der Waals surface area contributed by atoms with Crippen LogP contribution >= 0.6 is 11.8 Å². The molecule has 1 unspecified atom stereocenters. The molecule has 0 spiro atoms. The monoisotopic (exact) mass is 262 g/mol. The van der Waals surface area contributed by atoms with Gasteiger partial charge in [0.05, 0.1) is 0 Å². The van der Waals surface area contributed by atoms with Crippen LogP contribution in [-0.2, 0) is 0 Å². The van der Waals surface area contributed by atoms with Crippen molar-refractivity contribution in [3.05, 3.63) is 47.9 Å². The summed E-state index contributed by atoms with van der Waals surface area (Å²) in [5, 5.41) is 11.5. The van der Waals surface area contributed by atoms with E-state index in [0.717, 1.165) is 19.3 Å². The molecular formula is C15H20Li2OS. The molecule has 0 bridgehead atoms. The zero-order valence-corrected chi connectivity index (χ0v) is 13.4. The van der Waals surface area contributed by atoms with E-state index in [1.54, 1.807) is 11.8 Å². The Bertz CT molecular complexity index is 341. The third-order valence-corrected chi connectivity index (χ3v) is 3.64. The fourth-order valence-corrected chi connectivity index (χ4v) is 2.11. The van der Waals surface area contributed by atoms with Gasteiger partial charge >= 0.3 is 18.9 Å². The van der Waals surface area contributed by atoms with Crippen LogP contribution in [0.2, 0.25) is 0 Å². The van der Waals surface area contributed by atoms with E-state index >= 15 is 0 Å². The van der Waals surface area contributed by atoms with Crippen LogP contribution in [0.4, 0.5) is 0 Å². The van der Waals surface area contributed by atoms with Gasteiger partial charge in [-0.2, -0.15) is 0 Å². The van der Waals surface area contributed by atoms with E-state index in [-0.39, 0.29) is 49.4 Å². The molecule has 1 nitrogen and oxygen atoms in total. The van der Waals surface area contributed by atoms with E-state index in [4.69, 9.17) is 0 Å². The number of thioether (sulfide) groups is 1. The molecule has 0 fully saturated rings. The largest absolute Gasteiger partial charge is 1.00 e. The number of hydrogen-bond donors (Lipinski definition) is 0. The Kier molecular flexibility index (Phi) is 15.1. The molecule has 94 valence electrons. The van der Waals surface area contributed by atoms with Crippen molar-refractivity contribution in [2.45, 2.75) is 38.0 Å². The molecule has 1 aromatic rings. The molecule has 0 amide bonds. The standard InChI is InChI=1S/C15H21OS.2Li/c1-3-13(2)15(16)11-7-8-12-17-14-9-5-4-6-10-14;;/h4-6,9-13,16H,3,7-8H2,1-2H3;;/q;;+1/p-1/b15-11-;;. The predicted molar refractivity (Wildman–Crippen MR) is 79.1 cm³/mol. The van der Waals surface area contributed by atoms with E-state index in [9.17, 15) is 5.11 Å². The van der Waals surface area contributed by atoms with E-state index in [1.807, 2.05) is 38.1 Å². The summed E-state index contributed by atoms with van der Waals surface area (Å²) in [5.41, 5.74) is 0. The van der Waals surface area contributed by atoms with E-state index < -0.39 is 0 Å². The maximum atomic E-state index is 11.5. The summed E-state index contributed by atoms with van der Waals surface area (Å²) < 4.78 is 0. The van der Waals surface area contributed by atoms with Crippen LogP contribution < -0.4 is 24.0 Å². The molecule has 2 radical (unpaired) electrons. The van der Waals surface area contributed by atoms with Gasteiger partial charge in [-0.3, -0.25) is 0 Å². The summed E-state index contributed by atoms with van der Waals surface area (Å²) in [6.45, 7) is 4.04. The maximum Gasteiger partial charge on any atom is 1.00 e. The normalized spacial score (nSPS) is 12.2. The van der Waals surface area contributed by atoms with Crippen molar-refractivity contribution in [2.75, 3.05) is 0 Å². The van der Waals surface area contributed by atoms with Crippen LogP contribution in [0.25, 0.3) is 0 Å². The van der Waals surface area contributed by atoms with Crippen LogP contribution in [0.15, 0.2) is 47.1 Å². The zero-order valence-electron chi connectivity index (χ0n) is 12.6. The first-order chi connectivity index (χ1) is 8.24. The summed E-state index contributed by atoms with van der Waals surface area (Å²) in [6.07, 6.45) is 4.55. The number of hydrogen-bond acceptors (Lipinski definition) is 2. The number of allylic oxidation sites excluding steroid dienone is 2. The first-order valence-electron chi connectivity index (χ1n) is 6.14. The Morgan fingerprint density at radius 1 is 1.26 bits per heavy atom. The van der Waals surface area contributed by atoms with Crippen molar-refractivity contribution in [1.29, 1.82) is 0 Å². The fourth-order valence-electron chi connectivity index (χ4n) is 1.35. The van der Waals surface area contributed by atoms with Gasteiger partial charge in [-0.25, -0.2) is 0 Å². The number of unbranched alkanes of at least 4 members (excludes halogenated alkanes) is 1. The van der Waals surface area contributed by atoms with Crippen molar-refractivity contribution < 1.29 is 24.0 Å². The van der Waals surface area contributed by atoms with Crippen LogP contribution in [0.5, 0.6) is 0 Å². The SMILES string of the molecule is CCC(C)/C([O-])=C/CC[CH]Sc1ccccc1.[Li+].[Li]. The van der Waals surface area contributed by atoms with Gasteiger partial charge in [0.25, 0.3) is 0 Å². The van der Waals surface area contributed by atoms with Crippen molar-refractivity contribution in [3.63, 3.8) is 0 Å². The topological polar surface area (TPSA) is 23.1 Å². The molecule has 0 aliphatic heterocycles. The second-order valence-corrected chi connectivity index (χ2v) is 5.13. The molecule has 1 rings (SSSR count). The van der Waals surface area contributed by atoms with Gasteiger partial charge in [0.15, 0.2) is 0 Å². The Morgan fingerprint density at radius 2 is 1.89 bits per heavy atom. The van der Waals surface area contributed by atoms with Crippen LogP contribution in [0, 0.1) is 11.7 Å². The molecule has 0 saturated carbocycles. The first kappa shape index (κ1) is 21.6. The molecule has 1 atom stereocenters. The van der Waals surface area contributed by atoms with E-state index in [2.05, 4.69) is 17.9 Å². The Labute approximate surface area is 146 Å². The molecule has 4 heteroatoms. The van der Waals surface area contributed by atoms with Gasteiger partial charge in [0, 0.05) is 29.5 Å². The summed E-state index contributed by atoms with van der Waals surface area (Å²) in [4.78, 5) is 1.25. The minimum atomic E-state index is 0. The summed E-state index contributed by atoms with van der Waals surface area (Å²) in [7, 11) is 0. The minimum absolute atomic E-state index is 0. The van der Waals surface area contributed by atoms with Gasteiger partial charge in [-0.15, -0.1) is 17.5 Å². The third-order valence-electron chi connectivity index (χ3n) is 2.69. The number of benzene rings is 1. The van der Waals surface area contributed by atoms with Crippen LogP contribution in [0.1, 0.15) is 33.1 Å². The van der Waals surface area contributed by atoms with Crippen molar-refractivity contribution >= 4 is 30.6 Å². The molecule has 0 aliphatic carbocycles. The zero-order chi connectivity index (χ0) is 12.5. The fraction of sp³-hybridized carbons (Fsp3) is 0.400. The maximum absolute atomic E-state index is 11.5. The Balaban J connectivity index is 0. The van der Waals surface area contributed by atoms with E-state index in [0.29, 0.717) is 0 Å². The van der Waals surface area contributed by atoms with Gasteiger partial charge in [0.1, 0.15) is 0 Å². The second-order valence-electron chi connectivity index (χ2n) is 4.09. The van der Waals surface area contributed by atoms with Crippen LogP contribution in [-0.4, -0.2) is 18.9 Å². The quantitative estimate of drug-likeness (QED) is 0.311. The third kappa shape index (κ3) is 9.78. The average Bonchev–Trinajstić information content (AvgIpc) is 2.38. The van der Waals surface area contributed by atoms with Gasteiger partial charge in [0.2, 0.25) is 0 Å². The summed E-state index contributed by atoms with van der Waals surface area (Å²) in [5.74, 6) is 2.62.